The van der Waals surface area contributed by atoms with Gasteiger partial charge in [-0.05, 0) is 49.9 Å². The molecule has 1 saturated carbocycles. The van der Waals surface area contributed by atoms with Gasteiger partial charge >= 0.3 is 0 Å². The van der Waals surface area contributed by atoms with E-state index in [2.05, 4.69) is 24.1 Å². The van der Waals surface area contributed by atoms with Gasteiger partial charge in [-0.1, -0.05) is 0 Å². The van der Waals surface area contributed by atoms with Gasteiger partial charge in [-0.15, -0.1) is 0 Å². The van der Waals surface area contributed by atoms with Gasteiger partial charge in [-0.3, -0.25) is 0 Å². The van der Waals surface area contributed by atoms with Gasteiger partial charge in [0, 0.05) is 26.4 Å². The number of ether oxygens (including phenoxy) is 2. The lowest BCUT2D eigenvalue weighted by atomic mass is 9.79. The summed E-state index contributed by atoms with van der Waals surface area (Å²) in [7, 11) is 5.63. The zero-order chi connectivity index (χ0) is 14.6. The van der Waals surface area contributed by atoms with Gasteiger partial charge in [-0.25, -0.2) is 0 Å². The normalized spacial score (nSPS) is 26.3. The van der Waals surface area contributed by atoms with E-state index in [1.807, 2.05) is 12.1 Å². The maximum absolute atomic E-state index is 6.11. The van der Waals surface area contributed by atoms with Crippen molar-refractivity contribution in [2.24, 2.45) is 5.73 Å². The minimum atomic E-state index is 0.0453. The van der Waals surface area contributed by atoms with Crippen LogP contribution >= 0.6 is 0 Å². The molecule has 2 rings (SSSR count). The SMILES string of the molecule is COc1ccc(N(C)C2(CN)CCC(OC)CC2)cc1. The van der Waals surface area contributed by atoms with Crippen LogP contribution in [0.5, 0.6) is 5.75 Å². The van der Waals surface area contributed by atoms with Crippen LogP contribution in [0.1, 0.15) is 25.7 Å². The van der Waals surface area contributed by atoms with E-state index in [1.54, 1.807) is 14.2 Å². The van der Waals surface area contributed by atoms with Crippen LogP contribution in [0, 0.1) is 0 Å². The molecule has 0 aromatic heterocycles. The highest BCUT2D eigenvalue weighted by Crippen LogP contribution is 2.36. The average molecular weight is 278 g/mol. The second kappa shape index (κ2) is 6.46. The summed E-state index contributed by atoms with van der Waals surface area (Å²) in [5.41, 5.74) is 7.34. The van der Waals surface area contributed by atoms with Gasteiger partial charge in [-0.2, -0.15) is 0 Å². The number of nitrogens with zero attached hydrogens (tertiary/aromatic N) is 1. The number of methoxy groups -OCH3 is 2. The molecule has 0 atom stereocenters. The molecule has 0 saturated heterocycles. The minimum Gasteiger partial charge on any atom is -0.497 e. The Labute approximate surface area is 121 Å². The summed E-state index contributed by atoms with van der Waals surface area (Å²) in [4.78, 5) is 2.33. The summed E-state index contributed by atoms with van der Waals surface area (Å²) in [6.07, 6.45) is 4.69. The van der Waals surface area contributed by atoms with Crippen molar-refractivity contribution < 1.29 is 9.47 Å². The highest BCUT2D eigenvalue weighted by Gasteiger charge is 2.37. The van der Waals surface area contributed by atoms with E-state index in [1.165, 1.54) is 5.69 Å². The van der Waals surface area contributed by atoms with Gasteiger partial charge in [0.1, 0.15) is 5.75 Å². The third kappa shape index (κ3) is 2.91. The number of hydrogen-bond acceptors (Lipinski definition) is 4. The molecule has 1 aliphatic rings. The molecule has 0 spiro atoms. The van der Waals surface area contributed by atoms with Crippen LogP contribution in [0.15, 0.2) is 24.3 Å². The Morgan fingerprint density at radius 2 is 1.80 bits per heavy atom. The molecule has 2 N–H and O–H groups in total. The molecule has 4 nitrogen and oxygen atoms in total. The molecule has 0 aliphatic heterocycles. The number of benzene rings is 1. The number of hydrogen-bond donors (Lipinski definition) is 1. The molecule has 1 fully saturated rings. The molecular weight excluding hydrogens is 252 g/mol. The second-order valence-electron chi connectivity index (χ2n) is 5.62. The summed E-state index contributed by atoms with van der Waals surface area (Å²) in [5.74, 6) is 0.882. The van der Waals surface area contributed by atoms with Crippen molar-refractivity contribution in [2.45, 2.75) is 37.3 Å². The molecule has 112 valence electrons. The highest BCUT2D eigenvalue weighted by molar-refractivity contribution is 5.51. The number of likely N-dealkylation sites (N-methyl/N-ethyl adjacent to an activating group) is 1. The Kier molecular flexibility index (Phi) is 4.89. The summed E-state index contributed by atoms with van der Waals surface area (Å²) < 4.78 is 10.7. The van der Waals surface area contributed by atoms with E-state index in [9.17, 15) is 0 Å². The van der Waals surface area contributed by atoms with Crippen LogP contribution in [-0.4, -0.2) is 39.5 Å². The first kappa shape index (κ1) is 15.1. The molecule has 1 aromatic rings. The summed E-state index contributed by atoms with van der Waals surface area (Å²) in [6, 6.07) is 8.19. The number of rotatable bonds is 5. The van der Waals surface area contributed by atoms with Gasteiger partial charge in [0.25, 0.3) is 0 Å². The Balaban J connectivity index is 2.13. The monoisotopic (exact) mass is 278 g/mol. The first-order valence-corrected chi connectivity index (χ1v) is 7.26. The standard InChI is InChI=1S/C16H26N2O2/c1-18(13-4-6-14(19-2)7-5-13)16(12-17)10-8-15(20-3)9-11-16/h4-7,15H,8-12,17H2,1-3H3. The van der Waals surface area contributed by atoms with Crippen LogP contribution < -0.4 is 15.4 Å². The van der Waals surface area contributed by atoms with Crippen molar-refractivity contribution in [1.82, 2.24) is 0 Å². The van der Waals surface area contributed by atoms with Crippen LogP contribution in [-0.2, 0) is 4.74 Å². The van der Waals surface area contributed by atoms with E-state index in [4.69, 9.17) is 15.2 Å². The molecule has 0 bridgehead atoms. The Morgan fingerprint density at radius 3 is 2.25 bits per heavy atom. The first-order chi connectivity index (χ1) is 9.65. The summed E-state index contributed by atoms with van der Waals surface area (Å²) in [5, 5.41) is 0. The predicted octanol–water partition coefficient (Wildman–Crippen LogP) is 2.42. The van der Waals surface area contributed by atoms with Crippen molar-refractivity contribution >= 4 is 5.69 Å². The smallest absolute Gasteiger partial charge is 0.119 e. The topological polar surface area (TPSA) is 47.7 Å². The van der Waals surface area contributed by atoms with Crippen LogP contribution in [0.3, 0.4) is 0 Å². The minimum absolute atomic E-state index is 0.0453. The number of nitrogens with two attached hydrogens (primary N) is 1. The molecule has 0 unspecified atom stereocenters. The van der Waals surface area contributed by atoms with Crippen LogP contribution in [0.4, 0.5) is 5.69 Å². The van der Waals surface area contributed by atoms with Crippen molar-refractivity contribution in [3.8, 4) is 5.75 Å². The molecule has 0 amide bonds. The predicted molar refractivity (Wildman–Crippen MR) is 82.4 cm³/mol. The van der Waals surface area contributed by atoms with E-state index < -0.39 is 0 Å². The molecule has 0 radical (unpaired) electrons. The van der Waals surface area contributed by atoms with E-state index in [0.717, 1.165) is 31.4 Å². The third-order valence-corrected chi connectivity index (χ3v) is 4.75. The molecular formula is C16H26N2O2. The summed E-state index contributed by atoms with van der Waals surface area (Å²) >= 11 is 0. The first-order valence-electron chi connectivity index (χ1n) is 7.26. The fourth-order valence-corrected chi connectivity index (χ4v) is 3.12. The molecule has 0 heterocycles. The maximum atomic E-state index is 6.11. The average Bonchev–Trinajstić information content (AvgIpc) is 2.54. The van der Waals surface area contributed by atoms with Crippen molar-refractivity contribution in [1.29, 1.82) is 0 Å². The maximum Gasteiger partial charge on any atom is 0.119 e. The lowest BCUT2D eigenvalue weighted by Crippen LogP contribution is -2.55. The van der Waals surface area contributed by atoms with E-state index in [-0.39, 0.29) is 5.54 Å². The van der Waals surface area contributed by atoms with Gasteiger partial charge < -0.3 is 20.1 Å². The van der Waals surface area contributed by atoms with Crippen LogP contribution in [0.25, 0.3) is 0 Å². The quantitative estimate of drug-likeness (QED) is 0.898. The summed E-state index contributed by atoms with van der Waals surface area (Å²) in [6.45, 7) is 0.673. The Hall–Kier alpha value is -1.26. The largest absolute Gasteiger partial charge is 0.497 e. The Bertz CT molecular complexity index is 411. The van der Waals surface area contributed by atoms with Crippen molar-refractivity contribution in [2.75, 3.05) is 32.7 Å². The zero-order valence-corrected chi connectivity index (χ0v) is 12.8. The lowest BCUT2D eigenvalue weighted by Gasteiger charge is -2.47. The second-order valence-corrected chi connectivity index (χ2v) is 5.62. The Morgan fingerprint density at radius 1 is 1.20 bits per heavy atom. The van der Waals surface area contributed by atoms with Gasteiger partial charge in [0.2, 0.25) is 0 Å². The fourth-order valence-electron chi connectivity index (χ4n) is 3.12. The van der Waals surface area contributed by atoms with Crippen molar-refractivity contribution in [3.05, 3.63) is 24.3 Å². The zero-order valence-electron chi connectivity index (χ0n) is 12.8. The highest BCUT2D eigenvalue weighted by atomic mass is 16.5. The molecule has 1 aromatic carbocycles. The number of anilines is 1. The van der Waals surface area contributed by atoms with E-state index >= 15 is 0 Å². The third-order valence-electron chi connectivity index (χ3n) is 4.75. The van der Waals surface area contributed by atoms with Crippen LogP contribution in [0.2, 0.25) is 0 Å². The lowest BCUT2D eigenvalue weighted by molar-refractivity contribution is 0.0505. The molecule has 20 heavy (non-hydrogen) atoms. The van der Waals surface area contributed by atoms with Crippen molar-refractivity contribution in [3.63, 3.8) is 0 Å². The fraction of sp³-hybridized carbons (Fsp3) is 0.625. The molecule has 1 aliphatic carbocycles. The molecule has 4 heteroatoms. The van der Waals surface area contributed by atoms with Gasteiger partial charge in [0.15, 0.2) is 0 Å². The van der Waals surface area contributed by atoms with Gasteiger partial charge in [0.05, 0.1) is 18.8 Å². The van der Waals surface area contributed by atoms with E-state index in [0.29, 0.717) is 12.6 Å².